The minimum atomic E-state index is -0.565. The summed E-state index contributed by atoms with van der Waals surface area (Å²) in [4.78, 5) is 7.86. The van der Waals surface area contributed by atoms with Crippen LogP contribution < -0.4 is 11.1 Å². The van der Waals surface area contributed by atoms with Crippen molar-refractivity contribution in [3.8, 4) is 0 Å². The van der Waals surface area contributed by atoms with Gasteiger partial charge >= 0.3 is 0 Å². The van der Waals surface area contributed by atoms with Gasteiger partial charge in [-0.1, -0.05) is 0 Å². The Labute approximate surface area is 111 Å². The molecule has 2 aromatic heterocycles. The number of anilines is 2. The lowest BCUT2D eigenvalue weighted by Crippen LogP contribution is -2.13. The zero-order valence-electron chi connectivity index (χ0n) is 8.80. The van der Waals surface area contributed by atoms with Crippen LogP contribution in [0.3, 0.4) is 0 Å². The Balaban J connectivity index is 2.00. The number of rotatable bonds is 4. The fourth-order valence-electron chi connectivity index (χ4n) is 1.28. The molecule has 0 bridgehead atoms. The number of nitrogens with two attached hydrogens (primary N) is 1. The van der Waals surface area contributed by atoms with Crippen LogP contribution in [0.1, 0.15) is 11.7 Å². The van der Waals surface area contributed by atoms with Gasteiger partial charge in [0.1, 0.15) is 5.82 Å². The second-order valence-corrected chi connectivity index (χ2v) is 5.01. The van der Waals surface area contributed by atoms with Crippen LogP contribution in [0.5, 0.6) is 0 Å². The van der Waals surface area contributed by atoms with Gasteiger partial charge in [0, 0.05) is 12.7 Å². The van der Waals surface area contributed by atoms with Crippen molar-refractivity contribution in [2.75, 3.05) is 17.6 Å². The highest BCUT2D eigenvalue weighted by Crippen LogP contribution is 2.21. The molecule has 1 atom stereocenters. The molecule has 17 heavy (non-hydrogen) atoms. The van der Waals surface area contributed by atoms with Crippen LogP contribution >= 0.6 is 27.3 Å². The zero-order valence-corrected chi connectivity index (χ0v) is 11.2. The lowest BCUT2D eigenvalue weighted by Gasteiger charge is -2.12. The van der Waals surface area contributed by atoms with Crippen LogP contribution in [-0.2, 0) is 0 Å². The zero-order chi connectivity index (χ0) is 12.3. The van der Waals surface area contributed by atoms with Crippen molar-refractivity contribution in [2.45, 2.75) is 6.10 Å². The van der Waals surface area contributed by atoms with Crippen molar-refractivity contribution in [1.82, 2.24) is 9.97 Å². The van der Waals surface area contributed by atoms with Gasteiger partial charge in [-0.2, -0.15) is 16.3 Å². The Kier molecular flexibility index (Phi) is 3.93. The van der Waals surface area contributed by atoms with Crippen LogP contribution in [0.15, 0.2) is 27.5 Å². The largest absolute Gasteiger partial charge is 0.387 e. The van der Waals surface area contributed by atoms with Gasteiger partial charge in [-0.3, -0.25) is 0 Å². The van der Waals surface area contributed by atoms with E-state index < -0.39 is 6.10 Å². The van der Waals surface area contributed by atoms with Crippen molar-refractivity contribution >= 4 is 39.0 Å². The molecule has 2 rings (SSSR count). The van der Waals surface area contributed by atoms with E-state index in [1.54, 1.807) is 17.5 Å². The highest BCUT2D eigenvalue weighted by atomic mass is 79.9. The number of aromatic nitrogens is 2. The molecular formula is C10H11BrN4OS. The lowest BCUT2D eigenvalue weighted by molar-refractivity contribution is 0.192. The summed E-state index contributed by atoms with van der Waals surface area (Å²) >= 11 is 4.86. The summed E-state index contributed by atoms with van der Waals surface area (Å²) in [6, 6.07) is 1.89. The number of aliphatic hydroxyl groups is 1. The third-order valence-corrected chi connectivity index (χ3v) is 3.44. The molecule has 0 aliphatic carbocycles. The van der Waals surface area contributed by atoms with E-state index in [-0.39, 0.29) is 5.95 Å². The summed E-state index contributed by atoms with van der Waals surface area (Å²) in [6.45, 7) is 0.367. The number of halogens is 1. The molecule has 0 aromatic carbocycles. The Bertz CT molecular complexity index is 491. The van der Waals surface area contributed by atoms with Gasteiger partial charge < -0.3 is 16.2 Å². The molecule has 2 heterocycles. The number of thiophene rings is 1. The van der Waals surface area contributed by atoms with Crippen LogP contribution in [0.2, 0.25) is 0 Å². The third-order valence-electron chi connectivity index (χ3n) is 2.15. The van der Waals surface area contributed by atoms with Gasteiger partial charge in [0.15, 0.2) is 0 Å². The van der Waals surface area contributed by atoms with Gasteiger partial charge in [-0.15, -0.1) is 0 Å². The van der Waals surface area contributed by atoms with E-state index in [1.807, 2.05) is 16.8 Å². The average molecular weight is 315 g/mol. The van der Waals surface area contributed by atoms with Gasteiger partial charge in [-0.25, -0.2) is 4.98 Å². The lowest BCUT2D eigenvalue weighted by atomic mass is 10.2. The van der Waals surface area contributed by atoms with Gasteiger partial charge in [0.2, 0.25) is 5.95 Å². The second-order valence-electron chi connectivity index (χ2n) is 3.38. The number of nitrogen functional groups attached to an aromatic ring is 1. The summed E-state index contributed by atoms with van der Waals surface area (Å²) in [5.41, 5.74) is 6.37. The molecule has 0 aliphatic rings. The topological polar surface area (TPSA) is 84.1 Å². The second kappa shape index (κ2) is 5.44. The minimum absolute atomic E-state index is 0.195. The Morgan fingerprint density at radius 1 is 1.59 bits per heavy atom. The van der Waals surface area contributed by atoms with Crippen LogP contribution in [0, 0.1) is 0 Å². The summed E-state index contributed by atoms with van der Waals surface area (Å²) in [6.07, 6.45) is 1.01. The van der Waals surface area contributed by atoms with Crippen LogP contribution in [0.25, 0.3) is 0 Å². The molecule has 0 saturated heterocycles. The molecule has 0 fully saturated rings. The normalized spacial score (nSPS) is 12.4. The number of nitrogens with one attached hydrogen (secondary N) is 1. The van der Waals surface area contributed by atoms with Crippen LogP contribution in [0.4, 0.5) is 11.8 Å². The smallest absolute Gasteiger partial charge is 0.221 e. The number of hydrogen-bond acceptors (Lipinski definition) is 6. The fourth-order valence-corrected chi connectivity index (χ4v) is 2.32. The average Bonchev–Trinajstić information content (AvgIpc) is 2.83. The monoisotopic (exact) mass is 314 g/mol. The predicted octanol–water partition coefficient (Wildman–Crippen LogP) is 2.03. The molecule has 90 valence electrons. The molecule has 7 heteroatoms. The van der Waals surface area contributed by atoms with Gasteiger partial charge in [0.25, 0.3) is 0 Å². The molecule has 4 N–H and O–H groups in total. The van der Waals surface area contributed by atoms with Crippen molar-refractivity contribution in [3.63, 3.8) is 0 Å². The molecule has 0 saturated carbocycles. The molecule has 0 radical (unpaired) electrons. The molecular weight excluding hydrogens is 304 g/mol. The maximum atomic E-state index is 9.89. The Hall–Kier alpha value is -1.18. The van der Waals surface area contributed by atoms with E-state index in [0.717, 1.165) is 5.56 Å². The standard InChI is InChI=1S/C10H11BrN4OS/c11-7-3-14-10(12)15-9(7)13-4-8(16)6-1-2-17-5-6/h1-3,5,8,16H,4H2,(H3,12,13,14,15). The van der Waals surface area contributed by atoms with Gasteiger partial charge in [0.05, 0.1) is 10.6 Å². The minimum Gasteiger partial charge on any atom is -0.387 e. The van der Waals surface area contributed by atoms with E-state index in [4.69, 9.17) is 5.73 Å². The first kappa shape index (κ1) is 12.3. The van der Waals surface area contributed by atoms with Crippen LogP contribution in [-0.4, -0.2) is 21.6 Å². The first-order chi connectivity index (χ1) is 8.16. The van der Waals surface area contributed by atoms with Crippen molar-refractivity contribution in [3.05, 3.63) is 33.1 Å². The molecule has 2 aromatic rings. The number of hydrogen-bond donors (Lipinski definition) is 3. The quantitative estimate of drug-likeness (QED) is 0.804. The highest BCUT2D eigenvalue weighted by molar-refractivity contribution is 9.10. The highest BCUT2D eigenvalue weighted by Gasteiger charge is 2.09. The molecule has 0 amide bonds. The first-order valence-electron chi connectivity index (χ1n) is 4.89. The summed E-state index contributed by atoms with van der Waals surface area (Å²) < 4.78 is 0.712. The number of aliphatic hydroxyl groups excluding tert-OH is 1. The maximum Gasteiger partial charge on any atom is 0.221 e. The summed E-state index contributed by atoms with van der Waals surface area (Å²) in [5.74, 6) is 0.771. The predicted molar refractivity (Wildman–Crippen MR) is 71.9 cm³/mol. The van der Waals surface area contributed by atoms with Crippen molar-refractivity contribution < 1.29 is 5.11 Å². The first-order valence-corrected chi connectivity index (χ1v) is 6.62. The van der Waals surface area contributed by atoms with E-state index in [1.165, 1.54) is 0 Å². The Morgan fingerprint density at radius 2 is 2.41 bits per heavy atom. The molecule has 1 unspecified atom stereocenters. The summed E-state index contributed by atoms with van der Waals surface area (Å²) in [7, 11) is 0. The van der Waals surface area contributed by atoms with E-state index in [2.05, 4.69) is 31.2 Å². The molecule has 5 nitrogen and oxygen atoms in total. The summed E-state index contributed by atoms with van der Waals surface area (Å²) in [5, 5.41) is 16.7. The van der Waals surface area contributed by atoms with Crippen molar-refractivity contribution in [2.24, 2.45) is 0 Å². The van der Waals surface area contributed by atoms with Gasteiger partial charge in [-0.05, 0) is 38.3 Å². The maximum absolute atomic E-state index is 9.89. The van der Waals surface area contributed by atoms with E-state index in [9.17, 15) is 5.11 Å². The molecule has 0 spiro atoms. The SMILES string of the molecule is Nc1ncc(Br)c(NCC(O)c2ccsc2)n1. The number of nitrogens with zero attached hydrogens (tertiary/aromatic N) is 2. The third kappa shape index (κ3) is 3.15. The molecule has 0 aliphatic heterocycles. The van der Waals surface area contributed by atoms with E-state index in [0.29, 0.717) is 16.8 Å². The fraction of sp³-hybridized carbons (Fsp3) is 0.200. The Morgan fingerprint density at radius 3 is 3.12 bits per heavy atom. The van der Waals surface area contributed by atoms with Crippen molar-refractivity contribution in [1.29, 1.82) is 0 Å². The van der Waals surface area contributed by atoms with E-state index >= 15 is 0 Å².